The SMILES string of the molecule is CC[C@H](C)S(=O)(=O)N1CCn2nc(C(=O)OC)cc2C1. The molecule has 112 valence electrons. The number of fused-ring (bicyclic) bond motifs is 1. The summed E-state index contributed by atoms with van der Waals surface area (Å²) in [6.45, 7) is 4.63. The van der Waals surface area contributed by atoms with Gasteiger partial charge in [0, 0.05) is 6.54 Å². The van der Waals surface area contributed by atoms with Gasteiger partial charge in [-0.05, 0) is 19.4 Å². The van der Waals surface area contributed by atoms with E-state index in [1.165, 1.54) is 11.4 Å². The summed E-state index contributed by atoms with van der Waals surface area (Å²) >= 11 is 0. The quantitative estimate of drug-likeness (QED) is 0.761. The van der Waals surface area contributed by atoms with Crippen molar-refractivity contribution in [1.82, 2.24) is 14.1 Å². The minimum absolute atomic E-state index is 0.213. The third-order valence-corrected chi connectivity index (χ3v) is 5.98. The fourth-order valence-corrected chi connectivity index (χ4v) is 3.71. The number of aromatic nitrogens is 2. The van der Waals surface area contributed by atoms with Gasteiger partial charge in [-0.15, -0.1) is 0 Å². The summed E-state index contributed by atoms with van der Waals surface area (Å²) in [6.07, 6.45) is 0.575. The second-order valence-electron chi connectivity index (χ2n) is 4.83. The van der Waals surface area contributed by atoms with Crippen LogP contribution in [0.4, 0.5) is 0 Å². The first-order valence-corrected chi connectivity index (χ1v) is 8.04. The Morgan fingerprint density at radius 2 is 2.20 bits per heavy atom. The van der Waals surface area contributed by atoms with Crippen molar-refractivity contribution in [3.05, 3.63) is 17.5 Å². The van der Waals surface area contributed by atoms with Crippen LogP contribution in [0.25, 0.3) is 0 Å². The second kappa shape index (κ2) is 5.53. The molecule has 0 bridgehead atoms. The maximum absolute atomic E-state index is 12.3. The zero-order chi connectivity index (χ0) is 14.9. The van der Waals surface area contributed by atoms with Crippen LogP contribution in [0.2, 0.25) is 0 Å². The molecule has 1 aliphatic rings. The first kappa shape index (κ1) is 15.0. The maximum Gasteiger partial charge on any atom is 0.358 e. The van der Waals surface area contributed by atoms with E-state index in [1.807, 2.05) is 6.92 Å². The third kappa shape index (κ3) is 2.57. The number of esters is 1. The molecule has 7 nitrogen and oxygen atoms in total. The van der Waals surface area contributed by atoms with Crippen molar-refractivity contribution in [3.8, 4) is 0 Å². The summed E-state index contributed by atoms with van der Waals surface area (Å²) in [6, 6.07) is 1.59. The van der Waals surface area contributed by atoms with E-state index in [0.717, 1.165) is 0 Å². The summed E-state index contributed by atoms with van der Waals surface area (Å²) in [5.41, 5.74) is 0.925. The lowest BCUT2D eigenvalue weighted by Crippen LogP contribution is -2.42. The topological polar surface area (TPSA) is 81.5 Å². The van der Waals surface area contributed by atoms with E-state index in [0.29, 0.717) is 25.2 Å². The molecular formula is C12H19N3O4S. The number of hydrogen-bond donors (Lipinski definition) is 0. The van der Waals surface area contributed by atoms with Gasteiger partial charge in [-0.25, -0.2) is 13.2 Å². The highest BCUT2D eigenvalue weighted by Gasteiger charge is 2.31. The van der Waals surface area contributed by atoms with Gasteiger partial charge in [0.1, 0.15) is 0 Å². The molecule has 0 amide bonds. The lowest BCUT2D eigenvalue weighted by Gasteiger charge is -2.29. The highest BCUT2D eigenvalue weighted by molar-refractivity contribution is 7.89. The predicted octanol–water partition coefficient (Wildman–Crippen LogP) is 0.614. The standard InChI is InChI=1S/C12H19N3O4S/c1-4-9(2)20(17,18)14-5-6-15-10(8-14)7-11(13-15)12(16)19-3/h7,9H,4-6,8H2,1-3H3/t9-/m0/s1. The van der Waals surface area contributed by atoms with Gasteiger partial charge in [0.25, 0.3) is 0 Å². The summed E-state index contributed by atoms with van der Waals surface area (Å²) in [5, 5.41) is 3.72. The number of carbonyl (C=O) groups is 1. The van der Waals surface area contributed by atoms with Crippen molar-refractivity contribution in [2.45, 2.75) is 38.6 Å². The van der Waals surface area contributed by atoms with E-state index >= 15 is 0 Å². The van der Waals surface area contributed by atoms with Crippen molar-refractivity contribution < 1.29 is 17.9 Å². The number of carbonyl (C=O) groups excluding carboxylic acids is 1. The molecule has 2 heterocycles. The van der Waals surface area contributed by atoms with Gasteiger partial charge >= 0.3 is 5.97 Å². The van der Waals surface area contributed by atoms with Crippen molar-refractivity contribution in [2.24, 2.45) is 0 Å². The first-order valence-electron chi connectivity index (χ1n) is 6.54. The van der Waals surface area contributed by atoms with Crippen molar-refractivity contribution >= 4 is 16.0 Å². The molecule has 20 heavy (non-hydrogen) atoms. The maximum atomic E-state index is 12.3. The molecule has 1 aliphatic heterocycles. The summed E-state index contributed by atoms with van der Waals surface area (Å²) in [4.78, 5) is 11.4. The highest BCUT2D eigenvalue weighted by atomic mass is 32.2. The minimum Gasteiger partial charge on any atom is -0.464 e. The van der Waals surface area contributed by atoms with Crippen LogP contribution in [0, 0.1) is 0 Å². The number of hydrogen-bond acceptors (Lipinski definition) is 5. The molecule has 1 aromatic heterocycles. The number of rotatable bonds is 4. The summed E-state index contributed by atoms with van der Waals surface area (Å²) in [5.74, 6) is -0.511. The molecule has 0 unspecified atom stereocenters. The summed E-state index contributed by atoms with van der Waals surface area (Å²) in [7, 11) is -2.00. The van der Waals surface area contributed by atoms with Crippen LogP contribution < -0.4 is 0 Å². The van der Waals surface area contributed by atoms with Crippen LogP contribution in [0.3, 0.4) is 0 Å². The van der Waals surface area contributed by atoms with E-state index in [9.17, 15) is 13.2 Å². The van der Waals surface area contributed by atoms with Gasteiger partial charge in [0.15, 0.2) is 5.69 Å². The van der Waals surface area contributed by atoms with E-state index in [1.54, 1.807) is 17.7 Å². The van der Waals surface area contributed by atoms with Crippen molar-refractivity contribution in [1.29, 1.82) is 0 Å². The molecule has 0 radical (unpaired) electrons. The Morgan fingerprint density at radius 3 is 2.80 bits per heavy atom. The van der Waals surface area contributed by atoms with Gasteiger partial charge in [-0.1, -0.05) is 6.92 Å². The first-order chi connectivity index (χ1) is 9.40. The Labute approximate surface area is 118 Å². The van der Waals surface area contributed by atoms with Gasteiger partial charge in [0.2, 0.25) is 10.0 Å². The van der Waals surface area contributed by atoms with E-state index in [2.05, 4.69) is 9.84 Å². The highest BCUT2D eigenvalue weighted by Crippen LogP contribution is 2.20. The average molecular weight is 301 g/mol. The minimum atomic E-state index is -3.30. The van der Waals surface area contributed by atoms with Crippen LogP contribution in [0.5, 0.6) is 0 Å². The Hall–Kier alpha value is -1.41. The van der Waals surface area contributed by atoms with E-state index in [4.69, 9.17) is 0 Å². The van der Waals surface area contributed by atoms with Crippen LogP contribution >= 0.6 is 0 Å². The van der Waals surface area contributed by atoms with E-state index < -0.39 is 21.2 Å². The second-order valence-corrected chi connectivity index (χ2v) is 7.18. The zero-order valence-electron chi connectivity index (χ0n) is 11.9. The molecule has 0 saturated carbocycles. The fourth-order valence-electron chi connectivity index (χ4n) is 2.13. The Morgan fingerprint density at radius 1 is 1.50 bits per heavy atom. The normalized spacial score (nSPS) is 17.6. The average Bonchev–Trinajstić information content (AvgIpc) is 2.88. The molecule has 0 N–H and O–H groups in total. The molecule has 0 aliphatic carbocycles. The lowest BCUT2D eigenvalue weighted by atomic mass is 10.3. The van der Waals surface area contributed by atoms with Crippen molar-refractivity contribution in [2.75, 3.05) is 13.7 Å². The van der Waals surface area contributed by atoms with Crippen molar-refractivity contribution in [3.63, 3.8) is 0 Å². The van der Waals surface area contributed by atoms with Gasteiger partial charge in [0.05, 0.1) is 31.1 Å². The molecular weight excluding hydrogens is 282 g/mol. The predicted molar refractivity (Wildman–Crippen MR) is 72.6 cm³/mol. The largest absolute Gasteiger partial charge is 0.464 e. The number of methoxy groups -OCH3 is 1. The third-order valence-electron chi connectivity index (χ3n) is 3.60. The molecule has 0 spiro atoms. The monoisotopic (exact) mass is 301 g/mol. The smallest absolute Gasteiger partial charge is 0.358 e. The number of ether oxygens (including phenoxy) is 1. The summed E-state index contributed by atoms with van der Waals surface area (Å²) < 4.78 is 32.4. The number of sulfonamides is 1. The van der Waals surface area contributed by atoms with Gasteiger partial charge in [-0.2, -0.15) is 9.40 Å². The Balaban J connectivity index is 2.23. The van der Waals surface area contributed by atoms with Crippen LogP contribution in [-0.4, -0.2) is 47.4 Å². The van der Waals surface area contributed by atoms with Crippen LogP contribution in [0.15, 0.2) is 6.07 Å². The molecule has 1 atom stereocenters. The van der Waals surface area contributed by atoms with Crippen LogP contribution in [-0.2, 0) is 27.8 Å². The Kier molecular flexibility index (Phi) is 4.14. The van der Waals surface area contributed by atoms with E-state index in [-0.39, 0.29) is 12.2 Å². The fraction of sp³-hybridized carbons (Fsp3) is 0.667. The molecule has 0 aromatic carbocycles. The molecule has 1 aromatic rings. The van der Waals surface area contributed by atoms with Gasteiger partial charge < -0.3 is 4.74 Å². The van der Waals surface area contributed by atoms with Gasteiger partial charge in [-0.3, -0.25) is 4.68 Å². The molecule has 8 heteroatoms. The lowest BCUT2D eigenvalue weighted by molar-refractivity contribution is 0.0593. The molecule has 0 fully saturated rings. The zero-order valence-corrected chi connectivity index (χ0v) is 12.7. The van der Waals surface area contributed by atoms with Crippen LogP contribution in [0.1, 0.15) is 36.5 Å². The number of nitrogens with zero attached hydrogens (tertiary/aromatic N) is 3. The molecule has 0 saturated heterocycles. The molecule has 2 rings (SSSR count). The Bertz CT molecular complexity index is 608.